The van der Waals surface area contributed by atoms with Crippen LogP contribution < -0.4 is 5.32 Å². The first kappa shape index (κ1) is 12.0. The number of nitrogens with one attached hydrogen (secondary N) is 1. The summed E-state index contributed by atoms with van der Waals surface area (Å²) in [4.78, 5) is 20.0. The molecule has 0 saturated carbocycles. The highest BCUT2D eigenvalue weighted by atomic mass is 32.2. The highest BCUT2D eigenvalue weighted by Crippen LogP contribution is 2.10. The molecule has 0 aliphatic carbocycles. The van der Waals surface area contributed by atoms with Gasteiger partial charge in [0.25, 0.3) is 5.91 Å². The van der Waals surface area contributed by atoms with Crippen LogP contribution in [0.4, 0.5) is 0 Å². The molecule has 1 amide bonds. The normalized spacial score (nSPS) is 10.5. The van der Waals surface area contributed by atoms with E-state index in [2.05, 4.69) is 15.3 Å². The predicted molar refractivity (Wildman–Crippen MR) is 61.2 cm³/mol. The van der Waals surface area contributed by atoms with Crippen LogP contribution in [-0.2, 0) is 0 Å². The second-order valence-electron chi connectivity index (χ2n) is 3.51. The molecule has 1 N–H and O–H groups in total. The molecule has 0 radical (unpaired) electrons. The average molecular weight is 225 g/mol. The molecular weight excluding hydrogens is 210 g/mol. The molecule has 0 bridgehead atoms. The van der Waals surface area contributed by atoms with Gasteiger partial charge in [0.2, 0.25) is 0 Å². The molecule has 1 rings (SSSR count). The Morgan fingerprint density at radius 3 is 2.67 bits per heavy atom. The lowest BCUT2D eigenvalue weighted by molar-refractivity contribution is 0.0937. The standard InChI is InChI=1S/C10H15N3OS/c1-6(2)11-9(14)8-5-7(3)12-10(13-8)15-4/h5-6H,1-4H3,(H,11,14). The number of amides is 1. The van der Waals surface area contributed by atoms with Crippen molar-refractivity contribution in [2.45, 2.75) is 32.0 Å². The Kier molecular flexibility index (Phi) is 4.08. The van der Waals surface area contributed by atoms with Crippen LogP contribution in [0.25, 0.3) is 0 Å². The topological polar surface area (TPSA) is 54.9 Å². The maximum Gasteiger partial charge on any atom is 0.270 e. The summed E-state index contributed by atoms with van der Waals surface area (Å²) in [6.45, 7) is 5.69. The number of aryl methyl sites for hydroxylation is 1. The lowest BCUT2D eigenvalue weighted by atomic mass is 10.3. The summed E-state index contributed by atoms with van der Waals surface area (Å²) in [5, 5.41) is 3.43. The van der Waals surface area contributed by atoms with Crippen molar-refractivity contribution in [3.63, 3.8) is 0 Å². The highest BCUT2D eigenvalue weighted by Gasteiger charge is 2.10. The van der Waals surface area contributed by atoms with Crippen molar-refractivity contribution in [2.24, 2.45) is 0 Å². The van der Waals surface area contributed by atoms with Gasteiger partial charge < -0.3 is 5.32 Å². The Morgan fingerprint density at radius 1 is 1.47 bits per heavy atom. The molecule has 4 nitrogen and oxygen atoms in total. The molecule has 0 saturated heterocycles. The van der Waals surface area contributed by atoms with Gasteiger partial charge in [0.05, 0.1) is 0 Å². The number of rotatable bonds is 3. The smallest absolute Gasteiger partial charge is 0.270 e. The molecule has 1 heterocycles. The number of carbonyl (C=O) groups excluding carboxylic acids is 1. The average Bonchev–Trinajstić information content (AvgIpc) is 2.15. The van der Waals surface area contributed by atoms with Gasteiger partial charge in [-0.3, -0.25) is 4.79 Å². The summed E-state index contributed by atoms with van der Waals surface area (Å²) in [6, 6.07) is 1.81. The summed E-state index contributed by atoms with van der Waals surface area (Å²) in [7, 11) is 0. The van der Waals surface area contributed by atoms with Crippen LogP contribution >= 0.6 is 11.8 Å². The van der Waals surface area contributed by atoms with E-state index in [0.717, 1.165) is 5.69 Å². The van der Waals surface area contributed by atoms with Gasteiger partial charge in [0.15, 0.2) is 5.16 Å². The van der Waals surface area contributed by atoms with Gasteiger partial charge in [-0.05, 0) is 33.1 Å². The molecular formula is C10H15N3OS. The van der Waals surface area contributed by atoms with E-state index >= 15 is 0 Å². The first-order chi connectivity index (χ1) is 7.02. The van der Waals surface area contributed by atoms with Gasteiger partial charge in [0.1, 0.15) is 5.69 Å². The largest absolute Gasteiger partial charge is 0.349 e. The Hall–Kier alpha value is -1.10. The van der Waals surface area contributed by atoms with Gasteiger partial charge in [-0.15, -0.1) is 0 Å². The van der Waals surface area contributed by atoms with Crippen LogP contribution in [0.3, 0.4) is 0 Å². The SMILES string of the molecule is CSc1nc(C)cc(C(=O)NC(C)C)n1. The summed E-state index contributed by atoms with van der Waals surface area (Å²) in [5.41, 5.74) is 1.24. The number of aromatic nitrogens is 2. The Balaban J connectivity index is 2.93. The third kappa shape index (κ3) is 3.51. The van der Waals surface area contributed by atoms with Crippen molar-refractivity contribution >= 4 is 17.7 Å². The zero-order chi connectivity index (χ0) is 11.4. The van der Waals surface area contributed by atoms with Crippen molar-refractivity contribution in [1.29, 1.82) is 0 Å². The fourth-order valence-electron chi connectivity index (χ4n) is 1.09. The lowest BCUT2D eigenvalue weighted by Crippen LogP contribution is -2.31. The highest BCUT2D eigenvalue weighted by molar-refractivity contribution is 7.98. The van der Waals surface area contributed by atoms with E-state index in [-0.39, 0.29) is 11.9 Å². The summed E-state index contributed by atoms with van der Waals surface area (Å²) in [6.07, 6.45) is 1.89. The zero-order valence-electron chi connectivity index (χ0n) is 9.37. The van der Waals surface area contributed by atoms with E-state index in [1.165, 1.54) is 11.8 Å². The van der Waals surface area contributed by atoms with Gasteiger partial charge in [-0.1, -0.05) is 11.8 Å². The molecule has 1 aromatic heterocycles. The summed E-state index contributed by atoms with van der Waals surface area (Å²) in [5.74, 6) is -0.147. The van der Waals surface area contributed by atoms with Crippen LogP contribution in [0, 0.1) is 6.92 Å². The number of hydrogen-bond donors (Lipinski definition) is 1. The van der Waals surface area contributed by atoms with E-state index in [9.17, 15) is 4.79 Å². The third-order valence-corrected chi connectivity index (χ3v) is 2.22. The molecule has 0 aromatic carbocycles. The molecule has 0 atom stereocenters. The number of thioether (sulfide) groups is 1. The molecule has 15 heavy (non-hydrogen) atoms. The monoisotopic (exact) mass is 225 g/mol. The fourth-order valence-corrected chi connectivity index (χ4v) is 1.51. The van der Waals surface area contributed by atoms with Crippen LogP contribution in [0.15, 0.2) is 11.2 Å². The quantitative estimate of drug-likeness (QED) is 0.627. The van der Waals surface area contributed by atoms with Crippen molar-refractivity contribution in [1.82, 2.24) is 15.3 Å². The summed E-state index contributed by atoms with van der Waals surface area (Å²) < 4.78 is 0. The first-order valence-electron chi connectivity index (χ1n) is 4.73. The predicted octanol–water partition coefficient (Wildman–Crippen LogP) is 1.65. The molecule has 0 aliphatic heterocycles. The molecule has 0 spiro atoms. The van der Waals surface area contributed by atoms with E-state index in [1.807, 2.05) is 27.0 Å². The minimum Gasteiger partial charge on any atom is -0.349 e. The van der Waals surface area contributed by atoms with E-state index in [4.69, 9.17) is 0 Å². The van der Waals surface area contributed by atoms with Crippen LogP contribution in [-0.4, -0.2) is 28.2 Å². The lowest BCUT2D eigenvalue weighted by Gasteiger charge is -2.08. The summed E-state index contributed by atoms with van der Waals surface area (Å²) >= 11 is 1.43. The number of carbonyl (C=O) groups is 1. The van der Waals surface area contributed by atoms with Crippen LogP contribution in [0.1, 0.15) is 30.0 Å². The minimum absolute atomic E-state index is 0.116. The molecule has 1 aromatic rings. The molecule has 0 unspecified atom stereocenters. The Morgan fingerprint density at radius 2 is 2.13 bits per heavy atom. The maximum atomic E-state index is 11.7. The first-order valence-corrected chi connectivity index (χ1v) is 5.96. The molecule has 82 valence electrons. The fraction of sp³-hybridized carbons (Fsp3) is 0.500. The van der Waals surface area contributed by atoms with Gasteiger partial charge in [-0.25, -0.2) is 9.97 Å². The Labute approximate surface area is 93.9 Å². The van der Waals surface area contributed by atoms with Gasteiger partial charge in [0, 0.05) is 11.7 Å². The molecule has 0 fully saturated rings. The van der Waals surface area contributed by atoms with Crippen LogP contribution in [0.2, 0.25) is 0 Å². The Bertz CT molecular complexity index is 366. The minimum atomic E-state index is -0.147. The van der Waals surface area contributed by atoms with Gasteiger partial charge in [-0.2, -0.15) is 0 Å². The van der Waals surface area contributed by atoms with Crippen molar-refractivity contribution in [2.75, 3.05) is 6.26 Å². The van der Waals surface area contributed by atoms with Crippen molar-refractivity contribution in [3.8, 4) is 0 Å². The number of nitrogens with zero attached hydrogens (tertiary/aromatic N) is 2. The molecule has 0 aliphatic rings. The second kappa shape index (κ2) is 5.11. The van der Waals surface area contributed by atoms with Crippen LogP contribution in [0.5, 0.6) is 0 Å². The third-order valence-electron chi connectivity index (χ3n) is 1.67. The van der Waals surface area contributed by atoms with Crippen molar-refractivity contribution < 1.29 is 4.79 Å². The maximum absolute atomic E-state index is 11.7. The molecule has 5 heteroatoms. The van der Waals surface area contributed by atoms with E-state index < -0.39 is 0 Å². The number of hydrogen-bond acceptors (Lipinski definition) is 4. The zero-order valence-corrected chi connectivity index (χ0v) is 10.2. The van der Waals surface area contributed by atoms with E-state index in [0.29, 0.717) is 10.9 Å². The van der Waals surface area contributed by atoms with Gasteiger partial charge >= 0.3 is 0 Å². The second-order valence-corrected chi connectivity index (χ2v) is 4.28. The van der Waals surface area contributed by atoms with E-state index in [1.54, 1.807) is 6.07 Å². The van der Waals surface area contributed by atoms with Crippen molar-refractivity contribution in [3.05, 3.63) is 17.5 Å².